The second-order valence-electron chi connectivity index (χ2n) is 5.81. The van der Waals surface area contributed by atoms with Crippen LogP contribution >= 0.6 is 12.4 Å². The molecule has 0 aromatic heterocycles. The molecule has 1 aromatic carbocycles. The third-order valence-electron chi connectivity index (χ3n) is 4.20. The quantitative estimate of drug-likeness (QED) is 0.876. The highest BCUT2D eigenvalue weighted by molar-refractivity contribution is 5.85. The van der Waals surface area contributed by atoms with Crippen LogP contribution in [-0.4, -0.2) is 31.6 Å². The molecule has 0 bridgehead atoms. The number of rotatable bonds is 5. The van der Waals surface area contributed by atoms with Crippen LogP contribution in [0.1, 0.15) is 30.4 Å². The molecule has 1 N–H and O–H groups in total. The summed E-state index contributed by atoms with van der Waals surface area (Å²) >= 11 is 0. The van der Waals surface area contributed by atoms with Gasteiger partial charge in [0, 0.05) is 6.54 Å². The van der Waals surface area contributed by atoms with Crippen molar-refractivity contribution in [2.24, 2.45) is 5.92 Å². The number of hydrogen-bond donors (Lipinski definition) is 1. The first kappa shape index (κ1) is 19.3. The van der Waals surface area contributed by atoms with Gasteiger partial charge in [0.25, 0.3) is 0 Å². The van der Waals surface area contributed by atoms with Gasteiger partial charge in [0.1, 0.15) is 0 Å². The fourth-order valence-electron chi connectivity index (χ4n) is 2.84. The van der Waals surface area contributed by atoms with E-state index in [1.54, 1.807) is 12.1 Å². The molecule has 6 heteroatoms. The lowest BCUT2D eigenvalue weighted by Crippen LogP contribution is -2.34. The molecule has 0 amide bonds. The minimum absolute atomic E-state index is 0. The van der Waals surface area contributed by atoms with Crippen molar-refractivity contribution in [2.75, 3.05) is 26.7 Å². The molecule has 126 valence electrons. The highest BCUT2D eigenvalue weighted by Gasteiger charge is 2.30. The maximum Gasteiger partial charge on any atom is 0.416 e. The molecular weight excluding hydrogens is 313 g/mol. The van der Waals surface area contributed by atoms with Crippen LogP contribution in [0, 0.1) is 5.92 Å². The Balaban J connectivity index is 0.00000242. The summed E-state index contributed by atoms with van der Waals surface area (Å²) in [5.41, 5.74) is 0.383. The van der Waals surface area contributed by atoms with E-state index in [0.29, 0.717) is 0 Å². The molecule has 1 heterocycles. The third-order valence-corrected chi connectivity index (χ3v) is 4.20. The van der Waals surface area contributed by atoms with Gasteiger partial charge in [0.2, 0.25) is 0 Å². The Morgan fingerprint density at radius 2 is 1.73 bits per heavy atom. The summed E-state index contributed by atoms with van der Waals surface area (Å²) in [6.07, 6.45) is -0.667. The predicted molar refractivity (Wildman–Crippen MR) is 85.2 cm³/mol. The molecule has 0 saturated carbocycles. The lowest BCUT2D eigenvalue weighted by Gasteiger charge is -2.32. The van der Waals surface area contributed by atoms with Crippen molar-refractivity contribution in [3.05, 3.63) is 35.4 Å². The van der Waals surface area contributed by atoms with E-state index in [4.69, 9.17) is 0 Å². The standard InChI is InChI=1S/C16H23F3N2.ClH/c1-20-9-6-13-7-10-21(11-8-13)12-14-2-4-15(5-3-14)16(17,18)19;/h2-5,13,20H,6-12H2,1H3;1H. The summed E-state index contributed by atoms with van der Waals surface area (Å²) < 4.78 is 37.5. The van der Waals surface area contributed by atoms with Crippen molar-refractivity contribution in [3.8, 4) is 0 Å². The van der Waals surface area contributed by atoms with Gasteiger partial charge < -0.3 is 5.32 Å². The first-order chi connectivity index (χ1) is 9.99. The van der Waals surface area contributed by atoms with Crippen LogP contribution in [0.25, 0.3) is 0 Å². The fraction of sp³-hybridized carbons (Fsp3) is 0.625. The molecular formula is C16H24ClF3N2. The van der Waals surface area contributed by atoms with E-state index >= 15 is 0 Å². The normalized spacial score (nSPS) is 17.3. The van der Waals surface area contributed by atoms with Gasteiger partial charge >= 0.3 is 6.18 Å². The lowest BCUT2D eigenvalue weighted by molar-refractivity contribution is -0.137. The van der Waals surface area contributed by atoms with Gasteiger partial charge in [-0.25, -0.2) is 0 Å². The van der Waals surface area contributed by atoms with E-state index in [9.17, 15) is 13.2 Å². The van der Waals surface area contributed by atoms with Crippen LogP contribution in [0.2, 0.25) is 0 Å². The van der Waals surface area contributed by atoms with Gasteiger partial charge in [0.05, 0.1) is 5.56 Å². The Bertz CT molecular complexity index is 426. The van der Waals surface area contributed by atoms with E-state index in [2.05, 4.69) is 10.2 Å². The van der Waals surface area contributed by atoms with Gasteiger partial charge in [-0.3, -0.25) is 4.90 Å². The van der Waals surface area contributed by atoms with Crippen molar-refractivity contribution in [1.29, 1.82) is 0 Å². The predicted octanol–water partition coefficient (Wildman–Crippen LogP) is 3.95. The van der Waals surface area contributed by atoms with Crippen LogP contribution in [0.15, 0.2) is 24.3 Å². The molecule has 2 nitrogen and oxygen atoms in total. The Labute approximate surface area is 136 Å². The number of piperidine rings is 1. The van der Waals surface area contributed by atoms with Crippen molar-refractivity contribution < 1.29 is 13.2 Å². The number of halogens is 4. The molecule has 0 atom stereocenters. The monoisotopic (exact) mass is 336 g/mol. The molecule has 0 unspecified atom stereocenters. The van der Waals surface area contributed by atoms with Gasteiger partial charge in [0.15, 0.2) is 0 Å². The molecule has 1 fully saturated rings. The zero-order chi connectivity index (χ0) is 15.3. The third kappa shape index (κ3) is 5.78. The molecule has 2 rings (SSSR count). The molecule has 1 aliphatic rings. The number of hydrogen-bond acceptors (Lipinski definition) is 2. The summed E-state index contributed by atoms with van der Waals surface area (Å²) in [4.78, 5) is 2.33. The lowest BCUT2D eigenvalue weighted by atomic mass is 9.93. The smallest absolute Gasteiger partial charge is 0.320 e. The minimum Gasteiger partial charge on any atom is -0.320 e. The average Bonchev–Trinajstić information content (AvgIpc) is 2.46. The summed E-state index contributed by atoms with van der Waals surface area (Å²) in [6, 6.07) is 5.54. The number of nitrogens with one attached hydrogen (secondary N) is 1. The molecule has 0 radical (unpaired) electrons. The van der Waals surface area contributed by atoms with E-state index in [0.717, 1.165) is 37.7 Å². The maximum atomic E-state index is 12.5. The Morgan fingerprint density at radius 1 is 1.14 bits per heavy atom. The van der Waals surface area contributed by atoms with E-state index in [-0.39, 0.29) is 12.4 Å². The highest BCUT2D eigenvalue weighted by atomic mass is 35.5. The summed E-state index contributed by atoms with van der Waals surface area (Å²) in [5.74, 6) is 0.779. The SMILES string of the molecule is CNCCC1CCN(Cc2ccc(C(F)(F)F)cc2)CC1.Cl. The van der Waals surface area contributed by atoms with E-state index in [1.165, 1.54) is 31.4 Å². The maximum absolute atomic E-state index is 12.5. The van der Waals surface area contributed by atoms with Gasteiger partial charge in [-0.1, -0.05) is 12.1 Å². The Kier molecular flexibility index (Phi) is 7.66. The van der Waals surface area contributed by atoms with Crippen LogP contribution < -0.4 is 5.32 Å². The zero-order valence-corrected chi connectivity index (χ0v) is 13.6. The van der Waals surface area contributed by atoms with Crippen LogP contribution in [0.3, 0.4) is 0 Å². The average molecular weight is 337 g/mol. The molecule has 1 aliphatic heterocycles. The van der Waals surface area contributed by atoms with Crippen molar-refractivity contribution in [3.63, 3.8) is 0 Å². The summed E-state index contributed by atoms with van der Waals surface area (Å²) in [5, 5.41) is 3.18. The first-order valence-corrected chi connectivity index (χ1v) is 7.52. The zero-order valence-electron chi connectivity index (χ0n) is 12.8. The highest BCUT2D eigenvalue weighted by Crippen LogP contribution is 2.29. The van der Waals surface area contributed by atoms with Gasteiger partial charge in [-0.2, -0.15) is 13.2 Å². The summed E-state index contributed by atoms with van der Waals surface area (Å²) in [7, 11) is 1.97. The van der Waals surface area contributed by atoms with Gasteiger partial charge in [-0.15, -0.1) is 12.4 Å². The second kappa shape index (κ2) is 8.75. The topological polar surface area (TPSA) is 15.3 Å². The Hall–Kier alpha value is -0.780. The molecule has 1 saturated heterocycles. The first-order valence-electron chi connectivity index (χ1n) is 7.52. The van der Waals surface area contributed by atoms with Crippen LogP contribution in [0.5, 0.6) is 0 Å². The molecule has 1 aromatic rings. The number of benzene rings is 1. The number of alkyl halides is 3. The molecule has 0 aliphatic carbocycles. The van der Waals surface area contributed by atoms with Crippen LogP contribution in [-0.2, 0) is 12.7 Å². The Morgan fingerprint density at radius 3 is 2.23 bits per heavy atom. The summed E-state index contributed by atoms with van der Waals surface area (Å²) in [6.45, 7) is 3.88. The van der Waals surface area contributed by atoms with Gasteiger partial charge in [-0.05, 0) is 69.6 Å². The fourth-order valence-corrected chi connectivity index (χ4v) is 2.84. The second-order valence-corrected chi connectivity index (χ2v) is 5.81. The number of likely N-dealkylation sites (tertiary alicyclic amines) is 1. The van der Waals surface area contributed by atoms with E-state index in [1.807, 2.05) is 7.05 Å². The molecule has 22 heavy (non-hydrogen) atoms. The van der Waals surface area contributed by atoms with E-state index < -0.39 is 11.7 Å². The van der Waals surface area contributed by atoms with Crippen molar-refractivity contribution >= 4 is 12.4 Å². The minimum atomic E-state index is -4.25. The largest absolute Gasteiger partial charge is 0.416 e. The molecule has 0 spiro atoms. The van der Waals surface area contributed by atoms with Crippen molar-refractivity contribution in [2.45, 2.75) is 32.0 Å². The van der Waals surface area contributed by atoms with Crippen LogP contribution in [0.4, 0.5) is 13.2 Å². The number of nitrogens with zero attached hydrogens (tertiary/aromatic N) is 1. The van der Waals surface area contributed by atoms with Crippen molar-refractivity contribution in [1.82, 2.24) is 10.2 Å².